The lowest BCUT2D eigenvalue weighted by Gasteiger charge is -2.31. The predicted octanol–water partition coefficient (Wildman–Crippen LogP) is 0.959. The van der Waals surface area contributed by atoms with E-state index in [1.54, 1.807) is 0 Å². The third-order valence-electron chi connectivity index (χ3n) is 3.79. The van der Waals surface area contributed by atoms with Crippen molar-refractivity contribution in [3.63, 3.8) is 0 Å². The predicted molar refractivity (Wildman–Crippen MR) is 59.2 cm³/mol. The van der Waals surface area contributed by atoms with E-state index in [2.05, 4.69) is 25.8 Å². The molecule has 0 amide bonds. The third-order valence-corrected chi connectivity index (χ3v) is 3.79. The molecular formula is C11H24N2O. The second kappa shape index (κ2) is 4.60. The maximum absolute atomic E-state index is 9.18. The van der Waals surface area contributed by atoms with E-state index in [1.807, 2.05) is 0 Å². The molecule has 1 rings (SSSR count). The van der Waals surface area contributed by atoms with Gasteiger partial charge >= 0.3 is 0 Å². The van der Waals surface area contributed by atoms with Crippen LogP contribution in [-0.2, 0) is 0 Å². The second-order valence-electron chi connectivity index (χ2n) is 4.84. The number of aliphatic hydroxyl groups excluding tert-OH is 1. The summed E-state index contributed by atoms with van der Waals surface area (Å²) in [5, 5.41) is 9.18. The van der Waals surface area contributed by atoms with E-state index < -0.39 is 0 Å². The molecule has 3 N–H and O–H groups in total. The van der Waals surface area contributed by atoms with E-state index in [-0.39, 0.29) is 12.1 Å². The summed E-state index contributed by atoms with van der Waals surface area (Å²) in [5.41, 5.74) is 5.74. The highest BCUT2D eigenvalue weighted by Gasteiger charge is 2.37. The molecule has 3 nitrogen and oxygen atoms in total. The van der Waals surface area contributed by atoms with Crippen LogP contribution in [0.25, 0.3) is 0 Å². The topological polar surface area (TPSA) is 49.5 Å². The van der Waals surface area contributed by atoms with Crippen LogP contribution in [0.4, 0.5) is 0 Å². The minimum Gasteiger partial charge on any atom is -0.394 e. The van der Waals surface area contributed by atoms with Crippen molar-refractivity contribution in [1.29, 1.82) is 0 Å². The number of hydrogen-bond acceptors (Lipinski definition) is 3. The lowest BCUT2D eigenvalue weighted by atomic mass is 10.00. The molecule has 84 valence electrons. The number of nitrogens with zero attached hydrogens (tertiary/aromatic N) is 1. The normalized spacial score (nSPS) is 35.1. The van der Waals surface area contributed by atoms with Crippen molar-refractivity contribution in [2.24, 2.45) is 5.73 Å². The van der Waals surface area contributed by atoms with E-state index in [4.69, 9.17) is 5.73 Å². The van der Waals surface area contributed by atoms with Crippen molar-refractivity contribution in [3.05, 3.63) is 0 Å². The molecule has 14 heavy (non-hydrogen) atoms. The van der Waals surface area contributed by atoms with Crippen LogP contribution in [0.2, 0.25) is 0 Å². The quantitative estimate of drug-likeness (QED) is 0.710. The summed E-state index contributed by atoms with van der Waals surface area (Å²) in [4.78, 5) is 2.41. The fourth-order valence-electron chi connectivity index (χ4n) is 2.27. The Morgan fingerprint density at radius 1 is 1.64 bits per heavy atom. The van der Waals surface area contributed by atoms with Crippen molar-refractivity contribution in [3.8, 4) is 0 Å². The Morgan fingerprint density at radius 3 is 2.71 bits per heavy atom. The van der Waals surface area contributed by atoms with E-state index >= 15 is 0 Å². The van der Waals surface area contributed by atoms with Gasteiger partial charge in [-0.2, -0.15) is 0 Å². The molecule has 0 aromatic carbocycles. The van der Waals surface area contributed by atoms with Crippen LogP contribution in [0.3, 0.4) is 0 Å². The zero-order valence-corrected chi connectivity index (χ0v) is 9.66. The number of rotatable bonds is 4. The molecule has 0 bridgehead atoms. The van der Waals surface area contributed by atoms with Gasteiger partial charge < -0.3 is 15.7 Å². The molecule has 0 radical (unpaired) electrons. The second-order valence-corrected chi connectivity index (χ2v) is 4.84. The minimum atomic E-state index is -0.313. The standard InChI is InChI=1S/C11H24N2O/c1-4-9(2)13(3)10-5-6-11(12,7-10)8-14/h9-10,14H,4-8,12H2,1-3H3. The number of nitrogens with two attached hydrogens (primary N) is 1. The lowest BCUT2D eigenvalue weighted by Crippen LogP contribution is -2.44. The average molecular weight is 200 g/mol. The molecule has 3 atom stereocenters. The maximum atomic E-state index is 9.18. The van der Waals surface area contributed by atoms with Crippen LogP contribution in [-0.4, -0.2) is 41.3 Å². The molecule has 0 aromatic rings. The smallest absolute Gasteiger partial charge is 0.0611 e. The highest BCUT2D eigenvalue weighted by molar-refractivity contribution is 4.97. The van der Waals surface area contributed by atoms with Gasteiger partial charge in [0.2, 0.25) is 0 Å². The van der Waals surface area contributed by atoms with Crippen molar-refractivity contribution in [1.82, 2.24) is 4.90 Å². The van der Waals surface area contributed by atoms with Gasteiger partial charge in [0, 0.05) is 17.6 Å². The average Bonchev–Trinajstić information content (AvgIpc) is 2.59. The molecule has 1 fully saturated rings. The number of aliphatic hydroxyl groups is 1. The number of hydrogen-bond donors (Lipinski definition) is 2. The van der Waals surface area contributed by atoms with Crippen molar-refractivity contribution in [2.45, 2.75) is 57.2 Å². The Balaban J connectivity index is 2.49. The van der Waals surface area contributed by atoms with Gasteiger partial charge in [-0.1, -0.05) is 6.92 Å². The first-order chi connectivity index (χ1) is 6.52. The van der Waals surface area contributed by atoms with Crippen LogP contribution >= 0.6 is 0 Å². The monoisotopic (exact) mass is 200 g/mol. The van der Waals surface area contributed by atoms with Gasteiger partial charge in [-0.15, -0.1) is 0 Å². The first kappa shape index (κ1) is 12.0. The molecule has 3 heteroatoms. The summed E-state index contributed by atoms with van der Waals surface area (Å²) in [7, 11) is 2.17. The summed E-state index contributed by atoms with van der Waals surface area (Å²) in [5.74, 6) is 0. The summed E-state index contributed by atoms with van der Waals surface area (Å²) in [6, 6.07) is 1.17. The molecule has 0 aromatic heterocycles. The first-order valence-electron chi connectivity index (χ1n) is 5.64. The van der Waals surface area contributed by atoms with E-state index in [0.29, 0.717) is 12.1 Å². The molecule has 1 aliphatic rings. The molecule has 1 saturated carbocycles. The van der Waals surface area contributed by atoms with Crippen LogP contribution in [0.1, 0.15) is 39.5 Å². The van der Waals surface area contributed by atoms with Gasteiger partial charge in [0.15, 0.2) is 0 Å². The Hall–Kier alpha value is -0.120. The van der Waals surface area contributed by atoms with Crippen molar-refractivity contribution < 1.29 is 5.11 Å². The van der Waals surface area contributed by atoms with Gasteiger partial charge in [0.25, 0.3) is 0 Å². The molecule has 0 spiro atoms. The molecule has 0 saturated heterocycles. The van der Waals surface area contributed by atoms with Crippen molar-refractivity contribution in [2.75, 3.05) is 13.7 Å². The van der Waals surface area contributed by atoms with E-state index in [0.717, 1.165) is 19.3 Å². The van der Waals surface area contributed by atoms with Crippen molar-refractivity contribution >= 4 is 0 Å². The molecule has 0 aliphatic heterocycles. The highest BCUT2D eigenvalue weighted by atomic mass is 16.3. The van der Waals surface area contributed by atoms with Gasteiger partial charge in [0.05, 0.1) is 6.61 Å². The van der Waals surface area contributed by atoms with Crippen LogP contribution in [0.15, 0.2) is 0 Å². The lowest BCUT2D eigenvalue weighted by molar-refractivity contribution is 0.156. The zero-order chi connectivity index (χ0) is 10.8. The SMILES string of the molecule is CCC(C)N(C)C1CCC(N)(CO)C1. The Bertz CT molecular complexity index is 186. The summed E-state index contributed by atoms with van der Waals surface area (Å²) in [6.07, 6.45) is 4.18. The fraction of sp³-hybridized carbons (Fsp3) is 1.00. The largest absolute Gasteiger partial charge is 0.394 e. The van der Waals surface area contributed by atoms with E-state index in [9.17, 15) is 5.11 Å². The molecular weight excluding hydrogens is 176 g/mol. The maximum Gasteiger partial charge on any atom is 0.0611 e. The van der Waals surface area contributed by atoms with E-state index in [1.165, 1.54) is 6.42 Å². The zero-order valence-electron chi connectivity index (χ0n) is 9.66. The Kier molecular flexibility index (Phi) is 3.93. The highest BCUT2D eigenvalue weighted by Crippen LogP contribution is 2.31. The summed E-state index contributed by atoms with van der Waals surface area (Å²) < 4.78 is 0. The summed E-state index contributed by atoms with van der Waals surface area (Å²) >= 11 is 0. The van der Waals surface area contributed by atoms with Gasteiger partial charge in [-0.3, -0.25) is 0 Å². The Morgan fingerprint density at radius 2 is 2.29 bits per heavy atom. The fourth-order valence-corrected chi connectivity index (χ4v) is 2.27. The third kappa shape index (κ3) is 2.47. The van der Waals surface area contributed by atoms with Crippen LogP contribution < -0.4 is 5.73 Å². The Labute approximate surface area is 87.3 Å². The molecule has 0 heterocycles. The van der Waals surface area contributed by atoms with Gasteiger partial charge in [-0.25, -0.2) is 0 Å². The van der Waals surface area contributed by atoms with Gasteiger partial charge in [0.1, 0.15) is 0 Å². The minimum absolute atomic E-state index is 0.123. The summed E-state index contributed by atoms with van der Waals surface area (Å²) in [6.45, 7) is 4.57. The molecule has 1 aliphatic carbocycles. The van der Waals surface area contributed by atoms with Gasteiger partial charge in [-0.05, 0) is 39.7 Å². The molecule has 3 unspecified atom stereocenters. The van der Waals surface area contributed by atoms with Crippen LogP contribution in [0, 0.1) is 0 Å². The first-order valence-corrected chi connectivity index (χ1v) is 5.64. The van der Waals surface area contributed by atoms with Crippen LogP contribution in [0.5, 0.6) is 0 Å².